The number of hydrogen-bond donors (Lipinski definition) is 2. The van der Waals surface area contributed by atoms with Gasteiger partial charge in [-0.2, -0.15) is 13.2 Å². The van der Waals surface area contributed by atoms with Gasteiger partial charge in [0.05, 0.1) is 5.92 Å². The van der Waals surface area contributed by atoms with Crippen molar-refractivity contribution >= 4 is 11.9 Å². The Hall–Kier alpha value is -1.53. The van der Waals surface area contributed by atoms with Crippen LogP contribution < -0.4 is 5.32 Å². The summed E-state index contributed by atoms with van der Waals surface area (Å²) in [6.07, 6.45) is -0.0598. The summed E-state index contributed by atoms with van der Waals surface area (Å²) >= 11 is 0. The molecule has 7 heteroatoms. The molecule has 0 aliphatic heterocycles. The van der Waals surface area contributed by atoms with Gasteiger partial charge in [-0.3, -0.25) is 9.59 Å². The monoisotopic (exact) mass is 265 g/mol. The Kier molecular flexibility index (Phi) is 4.75. The molecule has 0 aromatic rings. The maximum atomic E-state index is 12.1. The first kappa shape index (κ1) is 14.5. The minimum absolute atomic E-state index is 0.190. The molecule has 102 valence electrons. The Morgan fingerprint density at radius 3 is 2.22 bits per heavy atom. The van der Waals surface area contributed by atoms with Crippen molar-refractivity contribution in [3.63, 3.8) is 0 Å². The number of nitrogens with one attached hydrogen (secondary N) is 1. The zero-order chi connectivity index (χ0) is 13.8. The Balaban J connectivity index is 2.77. The molecule has 0 aromatic carbocycles. The van der Waals surface area contributed by atoms with E-state index in [1.54, 1.807) is 17.5 Å². The average Bonchev–Trinajstić information content (AvgIpc) is 2.19. The molecule has 1 aliphatic rings. The summed E-state index contributed by atoms with van der Waals surface area (Å²) in [5.41, 5.74) is 0. The molecule has 0 saturated carbocycles. The van der Waals surface area contributed by atoms with E-state index in [0.29, 0.717) is 12.8 Å². The molecule has 0 spiro atoms. The number of carboxylic acid groups (broad SMARTS) is 1. The molecule has 0 saturated heterocycles. The average molecular weight is 265 g/mol. The van der Waals surface area contributed by atoms with Crippen LogP contribution in [0.15, 0.2) is 12.2 Å². The topological polar surface area (TPSA) is 66.4 Å². The number of alkyl halides is 3. The quantitative estimate of drug-likeness (QED) is 0.749. The number of carboxylic acids is 1. The summed E-state index contributed by atoms with van der Waals surface area (Å²) < 4.78 is 36.4. The van der Waals surface area contributed by atoms with Crippen LogP contribution in [-0.4, -0.2) is 29.2 Å². The van der Waals surface area contributed by atoms with Crippen LogP contribution in [-0.2, 0) is 9.59 Å². The SMILES string of the molecule is O=C(O)[C@@H]1CC/C=C\CC[C@@H]1NC(=O)C(F)(F)F. The Bertz CT molecular complexity index is 352. The first-order valence-corrected chi connectivity index (χ1v) is 5.58. The molecule has 4 nitrogen and oxygen atoms in total. The Morgan fingerprint density at radius 2 is 1.72 bits per heavy atom. The van der Waals surface area contributed by atoms with Gasteiger partial charge in [0, 0.05) is 6.04 Å². The molecule has 0 unspecified atom stereocenters. The zero-order valence-electron chi connectivity index (χ0n) is 9.54. The van der Waals surface area contributed by atoms with Crippen LogP contribution in [0.5, 0.6) is 0 Å². The van der Waals surface area contributed by atoms with Crippen LogP contribution >= 0.6 is 0 Å². The first-order valence-electron chi connectivity index (χ1n) is 5.58. The van der Waals surface area contributed by atoms with Crippen LogP contribution in [0.2, 0.25) is 0 Å². The first-order chi connectivity index (χ1) is 8.32. The lowest BCUT2D eigenvalue weighted by molar-refractivity contribution is -0.175. The van der Waals surface area contributed by atoms with E-state index in [-0.39, 0.29) is 12.8 Å². The highest BCUT2D eigenvalue weighted by Crippen LogP contribution is 2.22. The van der Waals surface area contributed by atoms with E-state index in [1.165, 1.54) is 0 Å². The van der Waals surface area contributed by atoms with Crippen LogP contribution in [0.3, 0.4) is 0 Å². The van der Waals surface area contributed by atoms with Crippen molar-refractivity contribution in [2.24, 2.45) is 5.92 Å². The summed E-state index contributed by atoms with van der Waals surface area (Å²) in [7, 11) is 0. The van der Waals surface area contributed by atoms with Crippen LogP contribution in [0.1, 0.15) is 25.7 Å². The second-order valence-corrected chi connectivity index (χ2v) is 4.15. The number of rotatable bonds is 2. The van der Waals surface area contributed by atoms with Crippen LogP contribution in [0.25, 0.3) is 0 Å². The van der Waals surface area contributed by atoms with Crippen molar-refractivity contribution in [2.45, 2.75) is 37.9 Å². The second kappa shape index (κ2) is 5.88. The molecular formula is C11H14F3NO3. The van der Waals surface area contributed by atoms with E-state index >= 15 is 0 Å². The van der Waals surface area contributed by atoms with Gasteiger partial charge in [-0.05, 0) is 25.7 Å². The van der Waals surface area contributed by atoms with Crippen LogP contribution in [0.4, 0.5) is 13.2 Å². The second-order valence-electron chi connectivity index (χ2n) is 4.15. The summed E-state index contributed by atoms with van der Waals surface area (Å²) in [5, 5.41) is 10.8. The lowest BCUT2D eigenvalue weighted by Crippen LogP contribution is -2.48. The van der Waals surface area contributed by atoms with Crippen molar-refractivity contribution < 1.29 is 27.9 Å². The number of allylic oxidation sites excluding steroid dienone is 2. The van der Waals surface area contributed by atoms with E-state index in [1.807, 2.05) is 0 Å². The molecule has 2 atom stereocenters. The van der Waals surface area contributed by atoms with Crippen molar-refractivity contribution in [1.82, 2.24) is 5.32 Å². The third kappa shape index (κ3) is 4.05. The molecule has 0 fully saturated rings. The number of amides is 1. The number of halogens is 3. The van der Waals surface area contributed by atoms with Gasteiger partial charge in [-0.1, -0.05) is 12.2 Å². The highest BCUT2D eigenvalue weighted by atomic mass is 19.4. The molecular weight excluding hydrogens is 251 g/mol. The van der Waals surface area contributed by atoms with Gasteiger partial charge in [0.15, 0.2) is 0 Å². The number of carbonyl (C=O) groups is 2. The van der Waals surface area contributed by atoms with Gasteiger partial charge in [0.25, 0.3) is 0 Å². The highest BCUT2D eigenvalue weighted by Gasteiger charge is 2.41. The lowest BCUT2D eigenvalue weighted by Gasteiger charge is -2.26. The minimum atomic E-state index is -4.98. The number of carbonyl (C=O) groups excluding carboxylic acids is 1. The summed E-state index contributed by atoms with van der Waals surface area (Å²) in [5.74, 6) is -4.25. The Labute approximate surface area is 102 Å². The predicted octanol–water partition coefficient (Wildman–Crippen LogP) is 1.86. The molecule has 0 bridgehead atoms. The Morgan fingerprint density at radius 1 is 1.17 bits per heavy atom. The lowest BCUT2D eigenvalue weighted by atomic mass is 9.89. The number of aliphatic carboxylic acids is 1. The maximum absolute atomic E-state index is 12.1. The molecule has 0 heterocycles. The molecule has 0 radical (unpaired) electrons. The van der Waals surface area contributed by atoms with Crippen LogP contribution in [0, 0.1) is 5.92 Å². The zero-order valence-corrected chi connectivity index (χ0v) is 9.54. The largest absolute Gasteiger partial charge is 0.481 e. The van der Waals surface area contributed by atoms with E-state index in [0.717, 1.165) is 0 Å². The smallest absolute Gasteiger partial charge is 0.471 e. The van der Waals surface area contributed by atoms with Crippen molar-refractivity contribution in [3.8, 4) is 0 Å². The fourth-order valence-electron chi connectivity index (χ4n) is 1.91. The van der Waals surface area contributed by atoms with Gasteiger partial charge in [0.1, 0.15) is 0 Å². The molecule has 1 rings (SSSR count). The van der Waals surface area contributed by atoms with Gasteiger partial charge < -0.3 is 10.4 Å². The summed E-state index contributed by atoms with van der Waals surface area (Å²) in [6, 6.07) is -0.985. The fraction of sp³-hybridized carbons (Fsp3) is 0.636. The predicted molar refractivity (Wildman–Crippen MR) is 56.7 cm³/mol. The third-order valence-electron chi connectivity index (χ3n) is 2.83. The summed E-state index contributed by atoms with van der Waals surface area (Å²) in [4.78, 5) is 21.9. The minimum Gasteiger partial charge on any atom is -0.481 e. The molecule has 1 aliphatic carbocycles. The van der Waals surface area contributed by atoms with E-state index in [2.05, 4.69) is 0 Å². The van der Waals surface area contributed by atoms with Crippen molar-refractivity contribution in [3.05, 3.63) is 12.2 Å². The molecule has 18 heavy (non-hydrogen) atoms. The summed E-state index contributed by atoms with van der Waals surface area (Å²) in [6.45, 7) is 0. The molecule has 2 N–H and O–H groups in total. The fourth-order valence-corrected chi connectivity index (χ4v) is 1.91. The van der Waals surface area contributed by atoms with Gasteiger partial charge in [0.2, 0.25) is 0 Å². The molecule has 0 aromatic heterocycles. The van der Waals surface area contributed by atoms with E-state index in [9.17, 15) is 22.8 Å². The normalized spacial score (nSPS) is 26.8. The van der Waals surface area contributed by atoms with E-state index < -0.39 is 30.0 Å². The maximum Gasteiger partial charge on any atom is 0.471 e. The van der Waals surface area contributed by atoms with Gasteiger partial charge >= 0.3 is 18.1 Å². The highest BCUT2D eigenvalue weighted by molar-refractivity contribution is 5.82. The third-order valence-corrected chi connectivity index (χ3v) is 2.83. The van der Waals surface area contributed by atoms with Gasteiger partial charge in [-0.25, -0.2) is 0 Å². The van der Waals surface area contributed by atoms with E-state index in [4.69, 9.17) is 5.11 Å². The number of hydrogen-bond acceptors (Lipinski definition) is 2. The van der Waals surface area contributed by atoms with Crippen molar-refractivity contribution in [2.75, 3.05) is 0 Å². The van der Waals surface area contributed by atoms with Gasteiger partial charge in [-0.15, -0.1) is 0 Å². The molecule has 1 amide bonds. The van der Waals surface area contributed by atoms with Crippen molar-refractivity contribution in [1.29, 1.82) is 0 Å². The standard InChI is InChI=1S/C11H14F3NO3/c12-11(13,14)10(18)15-8-6-4-2-1-3-5-7(8)9(16)17/h1-2,7-8H,3-6H2,(H,15,18)(H,16,17)/b2-1-/t7-,8+/m1/s1.